The van der Waals surface area contributed by atoms with E-state index < -0.39 is 27.6 Å². The van der Waals surface area contributed by atoms with Gasteiger partial charge in [0.05, 0.1) is 6.26 Å². The van der Waals surface area contributed by atoms with Gasteiger partial charge >= 0.3 is 21.6 Å². The number of aliphatic carboxylic acids is 1. The maximum atomic E-state index is 11.3. The minimum atomic E-state index is -5.47. The van der Waals surface area contributed by atoms with Crippen LogP contribution in [-0.2, 0) is 19.1 Å². The molecule has 0 heterocycles. The monoisotopic (exact) mass is 293 g/mol. The van der Waals surface area contributed by atoms with Crippen molar-refractivity contribution in [2.45, 2.75) is 25.4 Å². The van der Waals surface area contributed by atoms with Crippen molar-refractivity contribution in [3.63, 3.8) is 0 Å². The van der Waals surface area contributed by atoms with Crippen LogP contribution in [0.5, 0.6) is 0 Å². The van der Waals surface area contributed by atoms with Crippen molar-refractivity contribution in [2.75, 3.05) is 0 Å². The van der Waals surface area contributed by atoms with Crippen LogP contribution in [0.2, 0.25) is 0 Å². The second-order valence-corrected chi connectivity index (χ2v) is 4.83. The first-order valence-corrected chi connectivity index (χ1v) is 5.86. The van der Waals surface area contributed by atoms with Gasteiger partial charge in [-0.05, 0) is 5.92 Å². The van der Waals surface area contributed by atoms with Gasteiger partial charge in [0.25, 0.3) is 0 Å². The van der Waals surface area contributed by atoms with Crippen molar-refractivity contribution in [1.82, 2.24) is 0 Å². The fourth-order valence-corrected chi connectivity index (χ4v) is 0.718. The predicted molar refractivity (Wildman–Crippen MR) is 56.7 cm³/mol. The van der Waals surface area contributed by atoms with E-state index in [1.54, 1.807) is 13.8 Å². The van der Waals surface area contributed by atoms with E-state index in [0.717, 1.165) is 0 Å². The van der Waals surface area contributed by atoms with Crippen LogP contribution in [0.25, 0.3) is 0 Å². The topological polar surface area (TPSA) is 107 Å². The molecule has 0 unspecified atom stereocenters. The summed E-state index contributed by atoms with van der Waals surface area (Å²) in [5, 5.41) is 8.23. The first-order chi connectivity index (χ1) is 7.86. The molecule has 6 nitrogen and oxygen atoms in total. The summed E-state index contributed by atoms with van der Waals surface area (Å²) in [5.74, 6) is -0.910. The van der Waals surface area contributed by atoms with Crippen molar-refractivity contribution in [1.29, 1.82) is 0 Å². The zero-order chi connectivity index (χ0) is 15.1. The fourth-order valence-electron chi connectivity index (χ4n) is 0.429. The summed E-state index contributed by atoms with van der Waals surface area (Å²) in [6.45, 7) is 6.21. The Balaban J connectivity index is 0. The Labute approximate surface area is 102 Å². The van der Waals surface area contributed by atoms with Crippen LogP contribution in [0.1, 0.15) is 13.8 Å². The molecule has 0 aromatic heterocycles. The van der Waals surface area contributed by atoms with E-state index in [2.05, 4.69) is 10.8 Å². The molecule has 0 aliphatic carbocycles. The van der Waals surface area contributed by atoms with E-state index in [1.165, 1.54) is 0 Å². The van der Waals surface area contributed by atoms with E-state index >= 15 is 0 Å². The van der Waals surface area contributed by atoms with Crippen LogP contribution < -0.4 is 5.73 Å². The van der Waals surface area contributed by atoms with Crippen LogP contribution in [0.15, 0.2) is 12.8 Å². The lowest BCUT2D eigenvalue weighted by molar-refractivity contribution is -0.139. The molecule has 0 aliphatic heterocycles. The molecule has 10 heteroatoms. The zero-order valence-corrected chi connectivity index (χ0v) is 10.5. The van der Waals surface area contributed by atoms with E-state index in [9.17, 15) is 26.4 Å². The molecule has 0 bridgehead atoms. The summed E-state index contributed by atoms with van der Waals surface area (Å²) in [5.41, 5.74) is -0.214. The molecule has 0 amide bonds. The molecule has 18 heavy (non-hydrogen) atoms. The quantitative estimate of drug-likeness (QED) is 0.456. The van der Waals surface area contributed by atoms with Crippen molar-refractivity contribution < 1.29 is 35.7 Å². The average Bonchev–Trinajstić information content (AvgIpc) is 2.15. The highest BCUT2D eigenvalue weighted by Gasteiger charge is 2.47. The van der Waals surface area contributed by atoms with Crippen LogP contribution in [-0.4, -0.2) is 31.0 Å². The summed E-state index contributed by atoms with van der Waals surface area (Å²) < 4.78 is 56.7. The van der Waals surface area contributed by atoms with E-state index in [4.69, 9.17) is 10.8 Å². The Morgan fingerprint density at radius 2 is 1.83 bits per heavy atom. The Bertz CT molecular complexity index is 377. The third-order valence-corrected chi connectivity index (χ3v) is 2.44. The molecular weight excluding hydrogens is 279 g/mol. The highest BCUT2D eigenvalue weighted by Crippen LogP contribution is 2.24. The van der Waals surface area contributed by atoms with Crippen molar-refractivity contribution in [2.24, 2.45) is 11.7 Å². The largest absolute Gasteiger partial charge is 0.534 e. The maximum Gasteiger partial charge on any atom is 0.534 e. The summed E-state index contributed by atoms with van der Waals surface area (Å²) in [4.78, 5) is 10.0. The summed E-state index contributed by atoms with van der Waals surface area (Å²) >= 11 is 0. The van der Waals surface area contributed by atoms with Crippen LogP contribution in [0, 0.1) is 5.92 Å². The van der Waals surface area contributed by atoms with Gasteiger partial charge in [0.15, 0.2) is 0 Å². The number of rotatable bonds is 4. The van der Waals surface area contributed by atoms with Crippen LogP contribution >= 0.6 is 0 Å². The Kier molecular flexibility index (Phi) is 7.64. The Morgan fingerprint density at radius 1 is 1.44 bits per heavy atom. The van der Waals surface area contributed by atoms with E-state index in [0.29, 0.717) is 0 Å². The van der Waals surface area contributed by atoms with Gasteiger partial charge < -0.3 is 15.0 Å². The predicted octanol–water partition coefficient (Wildman–Crippen LogP) is 1.05. The van der Waals surface area contributed by atoms with Gasteiger partial charge in [-0.3, -0.25) is 4.79 Å². The smallest absolute Gasteiger partial charge is 0.480 e. The van der Waals surface area contributed by atoms with Gasteiger partial charge in [-0.15, -0.1) is 0 Å². The molecule has 108 valence electrons. The SMILES string of the molecule is C=COS(=O)(=O)C(F)(F)F.CC(C)[C@H](N)C(=O)O. The molecule has 0 aromatic carbocycles. The highest BCUT2D eigenvalue weighted by molar-refractivity contribution is 7.87. The minimum absolute atomic E-state index is 0.0208. The van der Waals surface area contributed by atoms with Crippen LogP contribution in [0.3, 0.4) is 0 Å². The second kappa shape index (κ2) is 7.21. The number of carbonyl (C=O) groups is 1. The summed E-state index contributed by atoms with van der Waals surface area (Å²) in [7, 11) is -5.47. The number of alkyl halides is 3. The van der Waals surface area contributed by atoms with Gasteiger partial charge in [0.1, 0.15) is 6.04 Å². The van der Waals surface area contributed by atoms with E-state index in [1.807, 2.05) is 0 Å². The van der Waals surface area contributed by atoms with E-state index in [-0.39, 0.29) is 12.2 Å². The molecular formula is C8H14F3NO5S. The normalized spacial score (nSPS) is 13.3. The molecule has 0 saturated heterocycles. The summed E-state index contributed by atoms with van der Waals surface area (Å²) in [6.07, 6.45) is 0.197. The van der Waals surface area contributed by atoms with Crippen molar-refractivity contribution >= 4 is 16.1 Å². The van der Waals surface area contributed by atoms with Gasteiger partial charge in [-0.25, -0.2) is 0 Å². The number of carboxylic acids is 1. The molecule has 0 saturated carbocycles. The number of carboxylic acid groups (broad SMARTS) is 1. The molecule has 0 fully saturated rings. The Hall–Kier alpha value is -1.29. The fraction of sp³-hybridized carbons (Fsp3) is 0.625. The number of nitrogens with two attached hydrogens (primary N) is 1. The first kappa shape index (κ1) is 19.1. The summed E-state index contributed by atoms with van der Waals surface area (Å²) in [6, 6.07) is -0.713. The lowest BCUT2D eigenvalue weighted by atomic mass is 10.1. The zero-order valence-electron chi connectivity index (χ0n) is 9.64. The number of halogens is 3. The van der Waals surface area contributed by atoms with Gasteiger partial charge in [-0.2, -0.15) is 21.6 Å². The molecule has 0 radical (unpaired) electrons. The highest BCUT2D eigenvalue weighted by atomic mass is 32.2. The number of hydrogen-bond acceptors (Lipinski definition) is 5. The van der Waals surface area contributed by atoms with Gasteiger partial charge in [-0.1, -0.05) is 20.4 Å². The molecule has 0 spiro atoms. The second-order valence-electron chi connectivity index (χ2n) is 3.27. The molecule has 0 rings (SSSR count). The lowest BCUT2D eigenvalue weighted by Gasteiger charge is -2.07. The Morgan fingerprint density at radius 3 is 1.89 bits per heavy atom. The maximum absolute atomic E-state index is 11.3. The third-order valence-electron chi connectivity index (χ3n) is 1.48. The van der Waals surface area contributed by atoms with Crippen LogP contribution in [0.4, 0.5) is 13.2 Å². The van der Waals surface area contributed by atoms with Crippen molar-refractivity contribution in [3.05, 3.63) is 12.8 Å². The van der Waals surface area contributed by atoms with Crippen molar-refractivity contribution in [3.8, 4) is 0 Å². The molecule has 0 aliphatic rings. The minimum Gasteiger partial charge on any atom is -0.480 e. The average molecular weight is 293 g/mol. The van der Waals surface area contributed by atoms with Gasteiger partial charge in [0, 0.05) is 0 Å². The molecule has 3 N–H and O–H groups in total. The molecule has 0 aromatic rings. The standard InChI is InChI=1S/C5H11NO2.C3H3F3O3S/c1-3(2)4(6)5(7)8;1-2-9-10(7,8)3(4,5)6/h3-4H,6H2,1-2H3,(H,7,8);2H,1H2/t4-;/m0./s1. The first-order valence-electron chi connectivity index (χ1n) is 4.45. The molecule has 1 atom stereocenters. The van der Waals surface area contributed by atoms with Gasteiger partial charge in [0.2, 0.25) is 0 Å². The number of hydrogen-bond donors (Lipinski definition) is 2. The lowest BCUT2D eigenvalue weighted by Crippen LogP contribution is -2.34. The third kappa shape index (κ3) is 7.12.